The smallest absolute Gasteiger partial charge is 0.329 e. The molecule has 0 atom stereocenters. The summed E-state index contributed by atoms with van der Waals surface area (Å²) in [5, 5.41) is -0.245. The number of carbonyl (C=O) groups excluding carboxylic acids is 1. The first-order valence-corrected chi connectivity index (χ1v) is 12.8. The van der Waals surface area contributed by atoms with Crippen LogP contribution in [0.1, 0.15) is 46.1 Å². The zero-order chi connectivity index (χ0) is 26.1. The fourth-order valence-corrected chi connectivity index (χ4v) is 5.44. The SMILES string of the molecule is C=CCN(Cc1cnc(S(=O)(=O)Cc2cccc(C(F)(F)F)c2)n1C1CC1)C(=O)c1ccc(F)cc1. The summed E-state index contributed by atoms with van der Waals surface area (Å²) in [6.07, 6.45) is -0.285. The van der Waals surface area contributed by atoms with Crippen LogP contribution < -0.4 is 0 Å². The molecule has 1 heterocycles. The van der Waals surface area contributed by atoms with Crippen LogP contribution in [0.3, 0.4) is 0 Å². The van der Waals surface area contributed by atoms with Crippen molar-refractivity contribution in [1.29, 1.82) is 0 Å². The largest absolute Gasteiger partial charge is 0.416 e. The fourth-order valence-electron chi connectivity index (χ4n) is 3.91. The molecule has 0 N–H and O–H groups in total. The third kappa shape index (κ3) is 5.67. The average Bonchev–Trinajstić information content (AvgIpc) is 3.57. The molecule has 1 fully saturated rings. The van der Waals surface area contributed by atoms with Crippen molar-refractivity contribution in [1.82, 2.24) is 14.5 Å². The van der Waals surface area contributed by atoms with E-state index in [0.29, 0.717) is 18.5 Å². The van der Waals surface area contributed by atoms with E-state index >= 15 is 0 Å². The molecule has 1 aliphatic carbocycles. The highest BCUT2D eigenvalue weighted by molar-refractivity contribution is 7.90. The highest BCUT2D eigenvalue weighted by Crippen LogP contribution is 2.39. The summed E-state index contributed by atoms with van der Waals surface area (Å²) in [5.74, 6) is -1.53. The molecule has 0 radical (unpaired) electrons. The minimum Gasteiger partial charge on any atom is -0.329 e. The summed E-state index contributed by atoms with van der Waals surface area (Å²) < 4.78 is 80.5. The summed E-state index contributed by atoms with van der Waals surface area (Å²) in [6.45, 7) is 3.84. The van der Waals surface area contributed by atoms with Crippen LogP contribution in [0.15, 0.2) is 72.5 Å². The molecule has 0 bridgehead atoms. The van der Waals surface area contributed by atoms with Gasteiger partial charge in [0.15, 0.2) is 0 Å². The Morgan fingerprint density at radius 3 is 2.47 bits per heavy atom. The highest BCUT2D eigenvalue weighted by Gasteiger charge is 2.35. The summed E-state index contributed by atoms with van der Waals surface area (Å²) >= 11 is 0. The molecule has 4 rings (SSSR count). The van der Waals surface area contributed by atoms with Crippen LogP contribution in [0, 0.1) is 5.82 Å². The third-order valence-electron chi connectivity index (χ3n) is 5.72. The van der Waals surface area contributed by atoms with Gasteiger partial charge in [-0.3, -0.25) is 4.79 Å². The lowest BCUT2D eigenvalue weighted by Gasteiger charge is -2.22. The first kappa shape index (κ1) is 25.6. The first-order chi connectivity index (χ1) is 17.0. The van der Waals surface area contributed by atoms with E-state index in [1.165, 1.54) is 53.6 Å². The Kier molecular flexibility index (Phi) is 7.03. The Hall–Kier alpha value is -3.47. The van der Waals surface area contributed by atoms with Crippen molar-refractivity contribution < 1.29 is 30.8 Å². The molecule has 11 heteroatoms. The van der Waals surface area contributed by atoms with Crippen molar-refractivity contribution in [2.75, 3.05) is 6.54 Å². The first-order valence-electron chi connectivity index (χ1n) is 11.1. The van der Waals surface area contributed by atoms with E-state index in [4.69, 9.17) is 0 Å². The number of alkyl halides is 3. The van der Waals surface area contributed by atoms with Gasteiger partial charge in [-0.15, -0.1) is 6.58 Å². The number of carbonyl (C=O) groups is 1. The average molecular weight is 522 g/mol. The number of nitrogens with zero attached hydrogens (tertiary/aromatic N) is 3. The lowest BCUT2D eigenvalue weighted by molar-refractivity contribution is -0.137. The molecule has 0 aliphatic heterocycles. The molecule has 1 aromatic heterocycles. The quantitative estimate of drug-likeness (QED) is 0.288. The minimum absolute atomic E-state index is 0.00325. The number of halogens is 4. The second-order valence-electron chi connectivity index (χ2n) is 8.57. The van der Waals surface area contributed by atoms with Crippen molar-refractivity contribution in [3.8, 4) is 0 Å². The molecule has 0 saturated heterocycles. The number of amides is 1. The Labute approximate surface area is 205 Å². The van der Waals surface area contributed by atoms with Gasteiger partial charge in [0.05, 0.1) is 29.8 Å². The van der Waals surface area contributed by atoms with Crippen LogP contribution in [0.25, 0.3) is 0 Å². The van der Waals surface area contributed by atoms with Crippen LogP contribution in [-0.4, -0.2) is 35.3 Å². The van der Waals surface area contributed by atoms with Crippen molar-refractivity contribution in [2.45, 2.75) is 42.5 Å². The van der Waals surface area contributed by atoms with Gasteiger partial charge in [0.25, 0.3) is 5.91 Å². The number of rotatable bonds is 9. The molecule has 1 amide bonds. The molecule has 6 nitrogen and oxygen atoms in total. The third-order valence-corrected chi connectivity index (χ3v) is 7.29. The summed E-state index contributed by atoms with van der Waals surface area (Å²) in [6, 6.07) is 9.11. The van der Waals surface area contributed by atoms with Gasteiger partial charge < -0.3 is 9.47 Å². The molecule has 3 aromatic rings. The van der Waals surface area contributed by atoms with Crippen molar-refractivity contribution in [3.05, 3.63) is 95.6 Å². The van der Waals surface area contributed by atoms with Crippen molar-refractivity contribution in [3.63, 3.8) is 0 Å². The molecular formula is C25H23F4N3O3S. The van der Waals surface area contributed by atoms with E-state index < -0.39 is 39.1 Å². The maximum absolute atomic E-state index is 13.3. The molecular weight excluding hydrogens is 498 g/mol. The predicted molar refractivity (Wildman–Crippen MR) is 124 cm³/mol. The highest BCUT2D eigenvalue weighted by atomic mass is 32.2. The van der Waals surface area contributed by atoms with Gasteiger partial charge >= 0.3 is 6.18 Å². The zero-order valence-corrected chi connectivity index (χ0v) is 19.9. The second-order valence-corrected chi connectivity index (χ2v) is 10.5. The Balaban J connectivity index is 1.63. The van der Waals surface area contributed by atoms with E-state index in [1.54, 1.807) is 4.57 Å². The fraction of sp³-hybridized carbons (Fsp3) is 0.280. The number of imidazole rings is 1. The number of aromatic nitrogens is 2. The predicted octanol–water partition coefficient (Wildman–Crippen LogP) is 5.18. The van der Waals surface area contributed by atoms with Gasteiger partial charge in [-0.25, -0.2) is 17.8 Å². The molecule has 36 heavy (non-hydrogen) atoms. The van der Waals surface area contributed by atoms with E-state index in [2.05, 4.69) is 11.6 Å². The van der Waals surface area contributed by atoms with E-state index in [1.807, 2.05) is 0 Å². The van der Waals surface area contributed by atoms with Crippen LogP contribution >= 0.6 is 0 Å². The maximum Gasteiger partial charge on any atom is 0.416 e. The number of sulfone groups is 1. The number of hydrogen-bond donors (Lipinski definition) is 0. The second kappa shape index (κ2) is 9.88. The number of benzene rings is 2. The maximum atomic E-state index is 13.3. The Morgan fingerprint density at radius 1 is 1.17 bits per heavy atom. The van der Waals surface area contributed by atoms with E-state index in [-0.39, 0.29) is 35.4 Å². The topological polar surface area (TPSA) is 72.3 Å². The Morgan fingerprint density at radius 2 is 1.86 bits per heavy atom. The number of hydrogen-bond acceptors (Lipinski definition) is 4. The van der Waals surface area contributed by atoms with Crippen LogP contribution in [-0.2, 0) is 28.3 Å². The lowest BCUT2D eigenvalue weighted by Crippen LogP contribution is -2.31. The molecule has 2 aromatic carbocycles. The van der Waals surface area contributed by atoms with Gasteiger partial charge in [-0.2, -0.15) is 13.2 Å². The van der Waals surface area contributed by atoms with E-state index in [0.717, 1.165) is 12.1 Å². The lowest BCUT2D eigenvalue weighted by atomic mass is 10.1. The molecule has 0 unspecified atom stereocenters. The van der Waals surface area contributed by atoms with Gasteiger partial charge in [0.1, 0.15) is 5.82 Å². The summed E-state index contributed by atoms with van der Waals surface area (Å²) in [7, 11) is -4.10. The molecule has 1 saturated carbocycles. The van der Waals surface area contributed by atoms with E-state index in [9.17, 15) is 30.8 Å². The van der Waals surface area contributed by atoms with Crippen molar-refractivity contribution >= 4 is 15.7 Å². The minimum atomic E-state index is -4.59. The Bertz CT molecular complexity index is 1380. The van der Waals surface area contributed by atoms with Crippen molar-refractivity contribution in [2.24, 2.45) is 0 Å². The molecule has 0 spiro atoms. The van der Waals surface area contributed by atoms with Gasteiger partial charge in [0.2, 0.25) is 15.0 Å². The normalized spacial score (nSPS) is 14.0. The van der Waals surface area contributed by atoms with Crippen LogP contribution in [0.2, 0.25) is 0 Å². The standard InChI is InChI=1S/C25H23F4N3O3S/c1-2-12-31(23(33)18-6-8-20(26)9-7-18)15-22-14-30-24(32(22)21-10-11-21)36(34,35)16-17-4-3-5-19(13-17)25(27,28)29/h2-9,13-14,21H,1,10-12,15-16H2. The van der Waals surface area contributed by atoms with Crippen LogP contribution in [0.4, 0.5) is 17.6 Å². The monoisotopic (exact) mass is 521 g/mol. The van der Waals surface area contributed by atoms with Gasteiger partial charge in [-0.05, 0) is 48.7 Å². The van der Waals surface area contributed by atoms with Gasteiger partial charge in [-0.1, -0.05) is 24.3 Å². The summed E-state index contributed by atoms with van der Waals surface area (Å²) in [5.41, 5.74) is -0.206. The van der Waals surface area contributed by atoms with Gasteiger partial charge in [0, 0.05) is 18.2 Å². The molecule has 1 aliphatic rings. The van der Waals surface area contributed by atoms with Crippen LogP contribution in [0.5, 0.6) is 0 Å². The molecule has 190 valence electrons. The summed E-state index contributed by atoms with van der Waals surface area (Å²) in [4.78, 5) is 18.6. The zero-order valence-electron chi connectivity index (χ0n) is 19.1.